The Morgan fingerprint density at radius 3 is 2.29 bits per heavy atom. The highest BCUT2D eigenvalue weighted by Crippen LogP contribution is 2.36. The molecule has 0 radical (unpaired) electrons. The third kappa shape index (κ3) is 2.75. The van der Waals surface area contributed by atoms with Crippen LogP contribution in [0.1, 0.15) is 34.3 Å². The first kappa shape index (κ1) is 15.4. The predicted molar refractivity (Wildman–Crippen MR) is 81.6 cm³/mol. The van der Waals surface area contributed by atoms with Gasteiger partial charge in [-0.05, 0) is 44.5 Å². The van der Waals surface area contributed by atoms with E-state index in [1.165, 1.54) is 0 Å². The Labute approximate surface area is 125 Å². The molecule has 0 bridgehead atoms. The zero-order valence-corrected chi connectivity index (χ0v) is 13.1. The predicted octanol–water partition coefficient (Wildman–Crippen LogP) is 2.77. The molecule has 0 spiro atoms. The molecule has 0 amide bonds. The minimum Gasteiger partial charge on any atom is -0.497 e. The van der Waals surface area contributed by atoms with Crippen molar-refractivity contribution >= 4 is 0 Å². The average molecular weight is 290 g/mol. The van der Waals surface area contributed by atoms with Gasteiger partial charge in [0.15, 0.2) is 0 Å². The van der Waals surface area contributed by atoms with Gasteiger partial charge in [0.2, 0.25) is 0 Å². The maximum Gasteiger partial charge on any atom is 0.124 e. The van der Waals surface area contributed by atoms with Crippen molar-refractivity contribution in [3.63, 3.8) is 0 Å². The van der Waals surface area contributed by atoms with Crippen molar-refractivity contribution in [2.24, 2.45) is 5.84 Å². The standard InChI is InChI=1S/C16H22N2O3/c1-9-10(2)21-11(3)15(9)16(18-17)13-8-12(19-4)6-7-14(13)20-5/h6-8,16,18H,17H2,1-5H3. The van der Waals surface area contributed by atoms with E-state index < -0.39 is 0 Å². The van der Waals surface area contributed by atoms with Gasteiger partial charge in [-0.15, -0.1) is 0 Å². The van der Waals surface area contributed by atoms with E-state index in [9.17, 15) is 0 Å². The summed E-state index contributed by atoms with van der Waals surface area (Å²) >= 11 is 0. The Kier molecular flexibility index (Phi) is 4.55. The van der Waals surface area contributed by atoms with E-state index in [2.05, 4.69) is 5.43 Å². The van der Waals surface area contributed by atoms with Crippen molar-refractivity contribution in [3.05, 3.63) is 46.4 Å². The Hall–Kier alpha value is -1.98. The molecule has 0 saturated heterocycles. The molecule has 2 rings (SSSR count). The van der Waals surface area contributed by atoms with Gasteiger partial charge < -0.3 is 13.9 Å². The van der Waals surface area contributed by atoms with E-state index in [-0.39, 0.29) is 6.04 Å². The first-order valence-corrected chi connectivity index (χ1v) is 6.78. The zero-order chi connectivity index (χ0) is 15.6. The van der Waals surface area contributed by atoms with Gasteiger partial charge in [-0.1, -0.05) is 0 Å². The minimum atomic E-state index is -0.229. The summed E-state index contributed by atoms with van der Waals surface area (Å²) in [6.07, 6.45) is 0. The summed E-state index contributed by atoms with van der Waals surface area (Å²) in [6, 6.07) is 5.42. The van der Waals surface area contributed by atoms with Crippen molar-refractivity contribution in [1.29, 1.82) is 0 Å². The molecule has 0 aliphatic carbocycles. The van der Waals surface area contributed by atoms with Gasteiger partial charge in [0.1, 0.15) is 23.0 Å². The molecular weight excluding hydrogens is 268 g/mol. The number of furan rings is 1. The average Bonchev–Trinajstić information content (AvgIpc) is 2.74. The second kappa shape index (κ2) is 6.20. The molecule has 1 unspecified atom stereocenters. The molecule has 1 heterocycles. The van der Waals surface area contributed by atoms with Gasteiger partial charge in [0, 0.05) is 11.1 Å². The molecule has 0 saturated carbocycles. The lowest BCUT2D eigenvalue weighted by molar-refractivity contribution is 0.393. The van der Waals surface area contributed by atoms with Crippen molar-refractivity contribution < 1.29 is 13.9 Å². The lowest BCUT2D eigenvalue weighted by atomic mass is 9.95. The van der Waals surface area contributed by atoms with Crippen molar-refractivity contribution in [2.45, 2.75) is 26.8 Å². The highest BCUT2D eigenvalue weighted by molar-refractivity contribution is 5.48. The molecule has 5 nitrogen and oxygen atoms in total. The number of ether oxygens (including phenoxy) is 2. The van der Waals surface area contributed by atoms with Crippen LogP contribution in [0.5, 0.6) is 11.5 Å². The molecule has 1 aromatic heterocycles. The number of hydrazine groups is 1. The van der Waals surface area contributed by atoms with E-state index in [0.717, 1.165) is 39.7 Å². The summed E-state index contributed by atoms with van der Waals surface area (Å²) in [5.41, 5.74) is 5.88. The SMILES string of the molecule is COc1ccc(OC)c(C(NN)c2c(C)oc(C)c2C)c1. The van der Waals surface area contributed by atoms with Crippen LogP contribution < -0.4 is 20.7 Å². The number of benzene rings is 1. The summed E-state index contributed by atoms with van der Waals surface area (Å²) in [7, 11) is 3.27. The fourth-order valence-corrected chi connectivity index (χ4v) is 2.63. The smallest absolute Gasteiger partial charge is 0.124 e. The fraction of sp³-hybridized carbons (Fsp3) is 0.375. The van der Waals surface area contributed by atoms with E-state index in [1.807, 2.05) is 39.0 Å². The van der Waals surface area contributed by atoms with Crippen LogP contribution in [0, 0.1) is 20.8 Å². The van der Waals surface area contributed by atoms with Crippen molar-refractivity contribution in [2.75, 3.05) is 14.2 Å². The van der Waals surface area contributed by atoms with Crippen LogP contribution in [0.25, 0.3) is 0 Å². The molecule has 0 aliphatic rings. The first-order valence-electron chi connectivity index (χ1n) is 6.78. The highest BCUT2D eigenvalue weighted by atomic mass is 16.5. The normalized spacial score (nSPS) is 12.3. The summed E-state index contributed by atoms with van der Waals surface area (Å²) in [5.74, 6) is 9.05. The van der Waals surface area contributed by atoms with Crippen LogP contribution in [0.15, 0.2) is 22.6 Å². The maximum absolute atomic E-state index is 5.81. The fourth-order valence-electron chi connectivity index (χ4n) is 2.63. The quantitative estimate of drug-likeness (QED) is 0.654. The first-order chi connectivity index (χ1) is 10.0. The van der Waals surface area contributed by atoms with Crippen molar-refractivity contribution in [1.82, 2.24) is 5.43 Å². The third-order valence-corrected chi connectivity index (χ3v) is 3.82. The number of aryl methyl sites for hydroxylation is 2. The number of nitrogens with two attached hydrogens (primary N) is 1. The number of nitrogens with one attached hydrogen (secondary N) is 1. The topological polar surface area (TPSA) is 69.7 Å². The van der Waals surface area contributed by atoms with E-state index in [4.69, 9.17) is 19.7 Å². The molecule has 1 aromatic carbocycles. The monoisotopic (exact) mass is 290 g/mol. The van der Waals surface area contributed by atoms with Crippen LogP contribution in [-0.2, 0) is 0 Å². The summed E-state index contributed by atoms with van der Waals surface area (Å²) in [6.45, 7) is 5.91. The Morgan fingerprint density at radius 2 is 1.81 bits per heavy atom. The lowest BCUT2D eigenvalue weighted by Gasteiger charge is -2.20. The molecular formula is C16H22N2O3. The molecule has 0 fully saturated rings. The molecule has 114 valence electrons. The number of hydrogen-bond donors (Lipinski definition) is 2. The largest absolute Gasteiger partial charge is 0.497 e. The molecule has 3 N–H and O–H groups in total. The summed E-state index contributed by atoms with van der Waals surface area (Å²) < 4.78 is 16.5. The Bertz CT molecular complexity index is 635. The molecule has 2 aromatic rings. The van der Waals surface area contributed by atoms with Gasteiger partial charge >= 0.3 is 0 Å². The van der Waals surface area contributed by atoms with Crippen LogP contribution in [0.3, 0.4) is 0 Å². The highest BCUT2D eigenvalue weighted by Gasteiger charge is 2.24. The molecule has 0 aliphatic heterocycles. The number of methoxy groups -OCH3 is 2. The van der Waals surface area contributed by atoms with Crippen LogP contribution in [0.2, 0.25) is 0 Å². The zero-order valence-electron chi connectivity index (χ0n) is 13.1. The number of hydrogen-bond acceptors (Lipinski definition) is 5. The van der Waals surface area contributed by atoms with E-state index in [0.29, 0.717) is 0 Å². The Morgan fingerprint density at radius 1 is 1.10 bits per heavy atom. The number of rotatable bonds is 5. The van der Waals surface area contributed by atoms with Crippen LogP contribution >= 0.6 is 0 Å². The van der Waals surface area contributed by atoms with Gasteiger partial charge in [0.25, 0.3) is 0 Å². The lowest BCUT2D eigenvalue weighted by Crippen LogP contribution is -2.30. The maximum atomic E-state index is 5.81. The second-order valence-corrected chi connectivity index (χ2v) is 4.96. The van der Waals surface area contributed by atoms with Crippen LogP contribution in [-0.4, -0.2) is 14.2 Å². The van der Waals surface area contributed by atoms with Crippen LogP contribution in [0.4, 0.5) is 0 Å². The second-order valence-electron chi connectivity index (χ2n) is 4.96. The molecule has 21 heavy (non-hydrogen) atoms. The Balaban J connectivity index is 2.60. The van der Waals surface area contributed by atoms with Gasteiger partial charge in [-0.25, -0.2) is 5.43 Å². The van der Waals surface area contributed by atoms with Gasteiger partial charge in [-0.3, -0.25) is 5.84 Å². The molecule has 1 atom stereocenters. The summed E-state index contributed by atoms with van der Waals surface area (Å²) in [4.78, 5) is 0. The van der Waals surface area contributed by atoms with Gasteiger partial charge in [-0.2, -0.15) is 0 Å². The molecule has 5 heteroatoms. The van der Waals surface area contributed by atoms with E-state index >= 15 is 0 Å². The third-order valence-electron chi connectivity index (χ3n) is 3.82. The summed E-state index contributed by atoms with van der Waals surface area (Å²) in [5, 5.41) is 0. The van der Waals surface area contributed by atoms with Crippen molar-refractivity contribution in [3.8, 4) is 11.5 Å². The van der Waals surface area contributed by atoms with E-state index in [1.54, 1.807) is 14.2 Å². The minimum absolute atomic E-state index is 0.229. The van der Waals surface area contributed by atoms with Gasteiger partial charge in [0.05, 0.1) is 20.3 Å².